The maximum atomic E-state index is 12.8. The van der Waals surface area contributed by atoms with Crippen molar-refractivity contribution in [2.75, 3.05) is 5.32 Å². The summed E-state index contributed by atoms with van der Waals surface area (Å²) in [4.78, 5) is 17.1. The number of anilines is 1. The largest absolute Gasteiger partial charge is 0.322 e. The second kappa shape index (κ2) is 7.38. The van der Waals surface area contributed by atoms with Crippen molar-refractivity contribution in [2.45, 2.75) is 6.92 Å². The summed E-state index contributed by atoms with van der Waals surface area (Å²) in [5.74, 6) is -0.179. The average Bonchev–Trinajstić information content (AvgIpc) is 2.63. The summed E-state index contributed by atoms with van der Waals surface area (Å²) in [6.07, 6.45) is 3.54. The number of rotatable bonds is 4. The van der Waals surface area contributed by atoms with Gasteiger partial charge in [-0.15, -0.1) is 0 Å². The third-order valence-corrected chi connectivity index (χ3v) is 3.61. The van der Waals surface area contributed by atoms with Crippen LogP contribution < -0.4 is 5.32 Å². The monoisotopic (exact) mass is 314 g/mol. The van der Waals surface area contributed by atoms with Crippen molar-refractivity contribution in [2.24, 2.45) is 0 Å². The quantitative estimate of drug-likeness (QED) is 0.717. The molecule has 1 aromatic heterocycles. The summed E-state index contributed by atoms with van der Waals surface area (Å²) in [5.41, 5.74) is 4.05. The van der Waals surface area contributed by atoms with Gasteiger partial charge in [-0.25, -0.2) is 0 Å². The van der Waals surface area contributed by atoms with Crippen LogP contribution in [0.15, 0.2) is 79.0 Å². The van der Waals surface area contributed by atoms with Crippen LogP contribution >= 0.6 is 0 Å². The molecule has 3 rings (SSSR count). The first-order valence-electron chi connectivity index (χ1n) is 7.78. The first kappa shape index (κ1) is 15.7. The van der Waals surface area contributed by atoms with Gasteiger partial charge in [-0.2, -0.15) is 0 Å². The average molecular weight is 314 g/mol. The number of aryl methyl sites for hydroxylation is 1. The zero-order chi connectivity index (χ0) is 16.8. The summed E-state index contributed by atoms with van der Waals surface area (Å²) in [6, 6.07) is 23.0. The predicted octanol–water partition coefficient (Wildman–Crippen LogP) is 4.57. The van der Waals surface area contributed by atoms with Gasteiger partial charge < -0.3 is 5.32 Å². The highest BCUT2D eigenvalue weighted by molar-refractivity contribution is 6.28. The molecule has 2 aromatic carbocycles. The van der Waals surface area contributed by atoms with Gasteiger partial charge in [0, 0.05) is 11.9 Å². The third-order valence-electron chi connectivity index (χ3n) is 3.61. The Kier molecular flexibility index (Phi) is 4.82. The Labute approximate surface area is 141 Å². The molecular formula is C21H18N2O. The van der Waals surface area contributed by atoms with E-state index in [9.17, 15) is 4.79 Å². The zero-order valence-electron chi connectivity index (χ0n) is 13.4. The molecule has 24 heavy (non-hydrogen) atoms. The van der Waals surface area contributed by atoms with Crippen LogP contribution in [0, 0.1) is 6.92 Å². The van der Waals surface area contributed by atoms with Crippen LogP contribution in [-0.4, -0.2) is 10.9 Å². The first-order chi connectivity index (χ1) is 11.7. The minimum Gasteiger partial charge on any atom is -0.322 e. The minimum atomic E-state index is -0.179. The van der Waals surface area contributed by atoms with Gasteiger partial charge >= 0.3 is 0 Å². The molecule has 0 unspecified atom stereocenters. The summed E-state index contributed by atoms with van der Waals surface area (Å²) in [6.45, 7) is 2.01. The Hall–Kier alpha value is -3.20. The van der Waals surface area contributed by atoms with Crippen molar-refractivity contribution in [3.8, 4) is 0 Å². The molecule has 0 aliphatic heterocycles. The maximum Gasteiger partial charge on any atom is 0.257 e. The molecule has 0 bridgehead atoms. The first-order valence-corrected chi connectivity index (χ1v) is 7.78. The van der Waals surface area contributed by atoms with Crippen molar-refractivity contribution >= 4 is 23.2 Å². The molecule has 1 amide bonds. The van der Waals surface area contributed by atoms with Crippen LogP contribution in [0.1, 0.15) is 16.8 Å². The fourth-order valence-electron chi connectivity index (χ4n) is 2.33. The Morgan fingerprint density at radius 2 is 1.62 bits per heavy atom. The number of carbonyl (C=O) groups is 1. The van der Waals surface area contributed by atoms with E-state index in [0.29, 0.717) is 11.3 Å². The van der Waals surface area contributed by atoms with Crippen molar-refractivity contribution in [3.05, 3.63) is 95.8 Å². The molecule has 0 atom stereocenters. The van der Waals surface area contributed by atoms with Gasteiger partial charge in [-0.3, -0.25) is 9.78 Å². The lowest BCUT2D eigenvalue weighted by Crippen LogP contribution is -2.14. The van der Waals surface area contributed by atoms with Crippen molar-refractivity contribution in [1.82, 2.24) is 4.98 Å². The second-order valence-electron chi connectivity index (χ2n) is 5.50. The van der Waals surface area contributed by atoms with Gasteiger partial charge in [0.15, 0.2) is 0 Å². The molecule has 3 heteroatoms. The maximum absolute atomic E-state index is 12.8. The molecule has 118 valence electrons. The number of aromatic nitrogens is 1. The number of amides is 1. The number of hydrogen-bond donors (Lipinski definition) is 1. The van der Waals surface area contributed by atoms with E-state index < -0.39 is 0 Å². The lowest BCUT2D eigenvalue weighted by atomic mass is 10.1. The molecule has 1 heterocycles. The topological polar surface area (TPSA) is 42.0 Å². The Morgan fingerprint density at radius 1 is 0.917 bits per heavy atom. The Morgan fingerprint density at radius 3 is 2.29 bits per heavy atom. The Balaban J connectivity index is 1.94. The number of carbonyl (C=O) groups excluding carboxylic acids is 1. The van der Waals surface area contributed by atoms with Crippen LogP contribution in [0.4, 0.5) is 5.69 Å². The van der Waals surface area contributed by atoms with E-state index in [4.69, 9.17) is 0 Å². The normalized spacial score (nSPS) is 11.1. The van der Waals surface area contributed by atoms with E-state index in [1.165, 1.54) is 0 Å². The molecule has 3 nitrogen and oxygen atoms in total. The SMILES string of the molecule is Cc1ccc(NC(=O)/C(=C/c2ccccc2)c2ccccn2)cc1. The highest BCUT2D eigenvalue weighted by Crippen LogP contribution is 2.19. The van der Waals surface area contributed by atoms with E-state index in [1.807, 2.05) is 85.8 Å². The number of hydrogen-bond acceptors (Lipinski definition) is 2. The zero-order valence-corrected chi connectivity index (χ0v) is 13.4. The van der Waals surface area contributed by atoms with E-state index in [-0.39, 0.29) is 5.91 Å². The van der Waals surface area contributed by atoms with Gasteiger partial charge in [0.1, 0.15) is 0 Å². The standard InChI is InChI=1S/C21H18N2O/c1-16-10-12-18(13-11-16)23-21(24)19(20-9-5-6-14-22-20)15-17-7-3-2-4-8-17/h2-15H,1H3,(H,23,24)/b19-15+. The Bertz CT molecular complexity index is 838. The molecule has 0 radical (unpaired) electrons. The molecular weight excluding hydrogens is 296 g/mol. The van der Waals surface area contributed by atoms with E-state index >= 15 is 0 Å². The minimum absolute atomic E-state index is 0.179. The number of nitrogens with one attached hydrogen (secondary N) is 1. The van der Waals surface area contributed by atoms with Gasteiger partial charge in [-0.1, -0.05) is 54.1 Å². The second-order valence-corrected chi connectivity index (χ2v) is 5.50. The van der Waals surface area contributed by atoms with Crippen LogP contribution in [-0.2, 0) is 4.79 Å². The molecule has 0 saturated heterocycles. The summed E-state index contributed by atoms with van der Waals surface area (Å²) < 4.78 is 0. The van der Waals surface area contributed by atoms with Crippen molar-refractivity contribution in [1.29, 1.82) is 0 Å². The summed E-state index contributed by atoms with van der Waals surface area (Å²) in [5, 5.41) is 2.94. The van der Waals surface area contributed by atoms with Crippen molar-refractivity contribution < 1.29 is 4.79 Å². The molecule has 0 aliphatic carbocycles. The molecule has 0 saturated carbocycles. The third kappa shape index (κ3) is 3.96. The van der Waals surface area contributed by atoms with Crippen LogP contribution in [0.3, 0.4) is 0 Å². The molecule has 3 aromatic rings. The fraction of sp³-hybridized carbons (Fsp3) is 0.0476. The van der Waals surface area contributed by atoms with Crippen molar-refractivity contribution in [3.63, 3.8) is 0 Å². The predicted molar refractivity (Wildman–Crippen MR) is 98.4 cm³/mol. The van der Waals surface area contributed by atoms with Gasteiger partial charge in [-0.05, 0) is 42.8 Å². The van der Waals surface area contributed by atoms with Gasteiger partial charge in [0.2, 0.25) is 0 Å². The summed E-state index contributed by atoms with van der Waals surface area (Å²) >= 11 is 0. The molecule has 1 N–H and O–H groups in total. The molecule has 0 spiro atoms. The van der Waals surface area contributed by atoms with Crippen LogP contribution in [0.5, 0.6) is 0 Å². The van der Waals surface area contributed by atoms with Gasteiger partial charge in [0.25, 0.3) is 5.91 Å². The number of nitrogens with zero attached hydrogens (tertiary/aromatic N) is 1. The smallest absolute Gasteiger partial charge is 0.257 e. The van der Waals surface area contributed by atoms with E-state index in [1.54, 1.807) is 6.20 Å². The van der Waals surface area contributed by atoms with Gasteiger partial charge in [0.05, 0.1) is 11.3 Å². The lowest BCUT2D eigenvalue weighted by Gasteiger charge is -2.09. The van der Waals surface area contributed by atoms with Crippen LogP contribution in [0.25, 0.3) is 11.6 Å². The molecule has 0 aliphatic rings. The van der Waals surface area contributed by atoms with E-state index in [0.717, 1.165) is 16.8 Å². The van der Waals surface area contributed by atoms with E-state index in [2.05, 4.69) is 10.3 Å². The fourth-order valence-corrected chi connectivity index (χ4v) is 2.33. The number of benzene rings is 2. The highest BCUT2D eigenvalue weighted by Gasteiger charge is 2.13. The molecule has 0 fully saturated rings. The van der Waals surface area contributed by atoms with Crippen LogP contribution in [0.2, 0.25) is 0 Å². The summed E-state index contributed by atoms with van der Waals surface area (Å²) in [7, 11) is 0. The highest BCUT2D eigenvalue weighted by atomic mass is 16.1. The number of pyridine rings is 1. The lowest BCUT2D eigenvalue weighted by molar-refractivity contribution is -0.111.